The second kappa shape index (κ2) is 11.9. The van der Waals surface area contributed by atoms with Gasteiger partial charge in [-0.05, 0) is 91.1 Å². The van der Waals surface area contributed by atoms with E-state index in [2.05, 4.69) is 11.8 Å². The molecule has 8 heteroatoms. The molecule has 4 aromatic carbocycles. The van der Waals surface area contributed by atoms with E-state index in [0.717, 1.165) is 16.7 Å². The molecule has 0 N–H and O–H groups in total. The van der Waals surface area contributed by atoms with Crippen LogP contribution < -0.4 is 4.90 Å². The first kappa shape index (κ1) is 28.6. The second-order valence-electron chi connectivity index (χ2n) is 10.1. The van der Waals surface area contributed by atoms with Crippen LogP contribution in [0, 0.1) is 11.2 Å². The van der Waals surface area contributed by atoms with E-state index in [1.54, 1.807) is 0 Å². The van der Waals surface area contributed by atoms with Gasteiger partial charge in [-0.2, -0.15) is 0 Å². The molecule has 0 aromatic heterocycles. The van der Waals surface area contributed by atoms with Crippen LogP contribution in [0.2, 0.25) is 15.1 Å². The summed E-state index contributed by atoms with van der Waals surface area (Å²) >= 11 is 24.6. The van der Waals surface area contributed by atoms with Gasteiger partial charge in [0, 0.05) is 16.6 Å². The maximum absolute atomic E-state index is 14.7. The molecule has 3 nitrogen and oxygen atoms in total. The van der Waals surface area contributed by atoms with Crippen molar-refractivity contribution in [2.75, 3.05) is 11.4 Å². The normalized spacial score (nSPS) is 15.8. The Morgan fingerprint density at radius 1 is 0.850 bits per heavy atom. The molecule has 5 rings (SSSR count). The molecule has 0 aliphatic carbocycles. The minimum Gasteiger partial charge on any atom is -0.341 e. The monoisotopic (exact) mass is 610 g/mol. The molecular formula is C32H26Cl3FN2OS. The SMILES string of the molecule is C[C@H](c1ccccc1)N1CC(Cc2ccc(Cl)cc2)(Cc2ccc(Cl)cc2)C(=O)N(c2ccc(F)c(Cl)c2)C1=S. The average Bonchev–Trinajstić information content (AvgIpc) is 2.95. The van der Waals surface area contributed by atoms with Crippen molar-refractivity contribution in [1.29, 1.82) is 0 Å². The lowest BCUT2D eigenvalue weighted by molar-refractivity contribution is -0.129. The van der Waals surface area contributed by atoms with Gasteiger partial charge in [0.1, 0.15) is 5.82 Å². The van der Waals surface area contributed by atoms with Gasteiger partial charge in [-0.25, -0.2) is 4.39 Å². The highest BCUT2D eigenvalue weighted by molar-refractivity contribution is 7.80. The first-order valence-electron chi connectivity index (χ1n) is 12.8. The highest BCUT2D eigenvalue weighted by Crippen LogP contribution is 2.41. The molecule has 204 valence electrons. The van der Waals surface area contributed by atoms with Crippen LogP contribution in [0.1, 0.15) is 29.7 Å². The smallest absolute Gasteiger partial charge is 0.242 e. The summed E-state index contributed by atoms with van der Waals surface area (Å²) in [6, 6.07) is 29.2. The Morgan fingerprint density at radius 2 is 1.40 bits per heavy atom. The zero-order valence-corrected chi connectivity index (χ0v) is 24.7. The van der Waals surface area contributed by atoms with Gasteiger partial charge < -0.3 is 4.90 Å². The molecule has 1 heterocycles. The summed E-state index contributed by atoms with van der Waals surface area (Å²) in [6.07, 6.45) is 0.857. The number of carbonyl (C=O) groups excluding carboxylic acids is 1. The fourth-order valence-electron chi connectivity index (χ4n) is 5.29. The molecule has 0 bridgehead atoms. The van der Waals surface area contributed by atoms with Crippen LogP contribution in [0.25, 0.3) is 0 Å². The minimum absolute atomic E-state index is 0.0812. The topological polar surface area (TPSA) is 23.6 Å². The fraction of sp³-hybridized carbons (Fsp3) is 0.188. The van der Waals surface area contributed by atoms with E-state index < -0.39 is 11.2 Å². The van der Waals surface area contributed by atoms with Crippen molar-refractivity contribution in [2.45, 2.75) is 25.8 Å². The molecule has 1 saturated heterocycles. The van der Waals surface area contributed by atoms with Crippen molar-refractivity contribution in [3.63, 3.8) is 0 Å². The Balaban J connectivity index is 1.67. The fourth-order valence-corrected chi connectivity index (χ4v) is 6.13. The van der Waals surface area contributed by atoms with Crippen LogP contribution in [-0.4, -0.2) is 22.5 Å². The summed E-state index contributed by atoms with van der Waals surface area (Å²) < 4.78 is 14.2. The molecule has 1 aliphatic heterocycles. The van der Waals surface area contributed by atoms with E-state index in [4.69, 9.17) is 47.0 Å². The Hall–Kier alpha value is -2.96. The Labute approximate surface area is 254 Å². The number of thiocarbonyl (C=S) groups is 1. The Kier molecular flexibility index (Phi) is 8.48. The first-order valence-corrected chi connectivity index (χ1v) is 14.4. The van der Waals surface area contributed by atoms with Crippen LogP contribution in [0.3, 0.4) is 0 Å². The number of nitrogens with zero attached hydrogens (tertiary/aromatic N) is 2. The van der Waals surface area contributed by atoms with E-state index in [1.165, 1.54) is 23.1 Å². The number of anilines is 1. The molecule has 1 fully saturated rings. The van der Waals surface area contributed by atoms with Crippen LogP contribution in [0.5, 0.6) is 0 Å². The highest BCUT2D eigenvalue weighted by atomic mass is 35.5. The van der Waals surface area contributed by atoms with E-state index in [9.17, 15) is 9.18 Å². The van der Waals surface area contributed by atoms with Crippen molar-refractivity contribution in [2.24, 2.45) is 5.41 Å². The number of hydrogen-bond acceptors (Lipinski definition) is 2. The summed E-state index contributed by atoms with van der Waals surface area (Å²) in [4.78, 5) is 18.3. The zero-order valence-electron chi connectivity index (χ0n) is 21.7. The molecule has 1 amide bonds. The number of amides is 1. The summed E-state index contributed by atoms with van der Waals surface area (Å²) in [5.41, 5.74) is 2.47. The van der Waals surface area contributed by atoms with E-state index in [-0.39, 0.29) is 17.0 Å². The molecule has 0 saturated carbocycles. The van der Waals surface area contributed by atoms with Crippen LogP contribution >= 0.6 is 47.0 Å². The second-order valence-corrected chi connectivity index (χ2v) is 11.8. The lowest BCUT2D eigenvalue weighted by Crippen LogP contribution is -2.64. The number of benzene rings is 4. The lowest BCUT2D eigenvalue weighted by atomic mass is 9.73. The summed E-state index contributed by atoms with van der Waals surface area (Å²) in [5.74, 6) is -0.745. The number of rotatable bonds is 7. The van der Waals surface area contributed by atoms with Gasteiger partial charge in [-0.1, -0.05) is 89.4 Å². The largest absolute Gasteiger partial charge is 0.341 e. The van der Waals surface area contributed by atoms with E-state index in [0.29, 0.717) is 40.2 Å². The standard InChI is InChI=1S/C32H26Cl3FN2OS/c1-21(24-5-3-2-4-6-24)37-20-32(18-22-7-11-25(33)12-8-22,19-23-9-13-26(34)14-10-23)30(39)38(31(37)40)27-15-16-29(36)28(35)17-27/h2-17,21H,18-20H2,1H3/t21-/m1/s1. The molecule has 40 heavy (non-hydrogen) atoms. The van der Waals surface area contributed by atoms with Crippen molar-refractivity contribution >= 4 is 63.7 Å². The van der Waals surface area contributed by atoms with Gasteiger partial charge >= 0.3 is 0 Å². The van der Waals surface area contributed by atoms with Crippen molar-refractivity contribution < 1.29 is 9.18 Å². The molecule has 4 aromatic rings. The van der Waals surface area contributed by atoms with Crippen molar-refractivity contribution in [1.82, 2.24) is 4.90 Å². The number of carbonyl (C=O) groups is 1. The van der Waals surface area contributed by atoms with E-state index in [1.807, 2.05) is 78.9 Å². The van der Waals surface area contributed by atoms with Crippen molar-refractivity contribution in [3.05, 3.63) is 135 Å². The lowest BCUT2D eigenvalue weighted by Gasteiger charge is -2.50. The summed E-state index contributed by atoms with van der Waals surface area (Å²) in [6.45, 7) is 2.44. The molecule has 0 unspecified atom stereocenters. The van der Waals surface area contributed by atoms with Crippen LogP contribution in [-0.2, 0) is 17.6 Å². The molecular weight excluding hydrogens is 586 g/mol. The van der Waals surface area contributed by atoms with Gasteiger partial charge in [-0.15, -0.1) is 0 Å². The van der Waals surface area contributed by atoms with Gasteiger partial charge in [0.05, 0.1) is 22.2 Å². The molecule has 1 aliphatic rings. The first-order chi connectivity index (χ1) is 19.2. The highest BCUT2D eigenvalue weighted by Gasteiger charge is 2.50. The van der Waals surface area contributed by atoms with E-state index >= 15 is 0 Å². The zero-order chi connectivity index (χ0) is 28.4. The van der Waals surface area contributed by atoms with Gasteiger partial charge in [-0.3, -0.25) is 9.69 Å². The number of halogens is 4. The van der Waals surface area contributed by atoms with Crippen molar-refractivity contribution in [3.8, 4) is 0 Å². The molecule has 0 radical (unpaired) electrons. The Bertz CT molecular complexity index is 1480. The van der Waals surface area contributed by atoms with Crippen LogP contribution in [0.15, 0.2) is 97.1 Å². The third-order valence-electron chi connectivity index (χ3n) is 7.39. The van der Waals surface area contributed by atoms with Crippen LogP contribution in [0.4, 0.5) is 10.1 Å². The number of hydrogen-bond donors (Lipinski definition) is 0. The van der Waals surface area contributed by atoms with Gasteiger partial charge in [0.15, 0.2) is 5.11 Å². The predicted octanol–water partition coefficient (Wildman–Crippen LogP) is 8.95. The minimum atomic E-state index is -0.937. The summed E-state index contributed by atoms with van der Waals surface area (Å²) in [5, 5.41) is 1.50. The molecule has 0 spiro atoms. The Morgan fingerprint density at radius 3 is 1.93 bits per heavy atom. The maximum Gasteiger partial charge on any atom is 0.242 e. The third kappa shape index (κ3) is 5.89. The average molecular weight is 612 g/mol. The summed E-state index contributed by atoms with van der Waals surface area (Å²) in [7, 11) is 0. The third-order valence-corrected chi connectivity index (χ3v) is 8.60. The quantitative estimate of drug-likeness (QED) is 0.195. The molecule has 1 atom stereocenters. The van der Waals surface area contributed by atoms with Gasteiger partial charge in [0.2, 0.25) is 5.91 Å². The van der Waals surface area contributed by atoms with Gasteiger partial charge in [0.25, 0.3) is 0 Å². The maximum atomic E-state index is 14.7. The predicted molar refractivity (Wildman–Crippen MR) is 166 cm³/mol.